The van der Waals surface area contributed by atoms with Gasteiger partial charge in [0, 0.05) is 5.02 Å². The summed E-state index contributed by atoms with van der Waals surface area (Å²) >= 11 is 7.75. The fourth-order valence-corrected chi connectivity index (χ4v) is 3.76. The second-order valence-electron chi connectivity index (χ2n) is 7.04. The molecule has 0 saturated carbocycles. The van der Waals surface area contributed by atoms with Gasteiger partial charge in [-0.25, -0.2) is 0 Å². The standard InChI is InChI=1S/C22H23ClO2S/c1-22(2,24)10-8-16-12-19(15-4-6-18(23)7-5-15)20(13-21(16)25-3)17-9-11-26-14-17/h4-7,9,11-14,24H,8,10H2,1-3H3. The van der Waals surface area contributed by atoms with E-state index in [1.54, 1.807) is 18.4 Å². The third-order valence-corrected chi connectivity index (χ3v) is 5.35. The molecule has 2 aromatic carbocycles. The molecule has 0 spiro atoms. The number of benzene rings is 2. The quantitative estimate of drug-likeness (QED) is 0.527. The summed E-state index contributed by atoms with van der Waals surface area (Å²) in [6.07, 6.45) is 1.42. The summed E-state index contributed by atoms with van der Waals surface area (Å²) in [7, 11) is 1.70. The van der Waals surface area contributed by atoms with E-state index in [1.807, 2.05) is 38.1 Å². The maximum absolute atomic E-state index is 10.1. The lowest BCUT2D eigenvalue weighted by molar-refractivity contribution is 0.0712. The predicted octanol–water partition coefficient (Wildman–Crippen LogP) is 6.45. The van der Waals surface area contributed by atoms with Gasteiger partial charge >= 0.3 is 0 Å². The Morgan fingerprint density at radius 3 is 2.31 bits per heavy atom. The van der Waals surface area contributed by atoms with Crippen LogP contribution in [0.3, 0.4) is 0 Å². The van der Waals surface area contributed by atoms with Crippen molar-refractivity contribution < 1.29 is 9.84 Å². The highest BCUT2D eigenvalue weighted by Crippen LogP contribution is 2.39. The zero-order valence-electron chi connectivity index (χ0n) is 15.3. The van der Waals surface area contributed by atoms with Crippen LogP contribution in [0.5, 0.6) is 5.75 Å². The number of ether oxygens (including phenoxy) is 1. The van der Waals surface area contributed by atoms with E-state index < -0.39 is 5.60 Å². The van der Waals surface area contributed by atoms with Gasteiger partial charge in [-0.15, -0.1) is 0 Å². The summed E-state index contributed by atoms with van der Waals surface area (Å²) in [6, 6.07) is 14.3. The molecule has 3 rings (SSSR count). The smallest absolute Gasteiger partial charge is 0.122 e. The summed E-state index contributed by atoms with van der Waals surface area (Å²) in [5.74, 6) is 0.855. The third kappa shape index (κ3) is 4.47. The van der Waals surface area contributed by atoms with Crippen LogP contribution < -0.4 is 4.74 Å². The lowest BCUT2D eigenvalue weighted by atomic mass is 9.90. The van der Waals surface area contributed by atoms with E-state index >= 15 is 0 Å². The number of methoxy groups -OCH3 is 1. The number of aryl methyl sites for hydroxylation is 1. The molecule has 26 heavy (non-hydrogen) atoms. The van der Waals surface area contributed by atoms with Crippen molar-refractivity contribution in [2.45, 2.75) is 32.3 Å². The molecule has 1 aromatic heterocycles. The normalized spacial score (nSPS) is 11.6. The first-order valence-corrected chi connectivity index (χ1v) is 9.91. The first-order valence-electron chi connectivity index (χ1n) is 8.59. The first-order chi connectivity index (χ1) is 12.4. The largest absolute Gasteiger partial charge is 0.496 e. The van der Waals surface area contributed by atoms with Crippen LogP contribution in [0.15, 0.2) is 53.2 Å². The van der Waals surface area contributed by atoms with Crippen LogP contribution >= 0.6 is 22.9 Å². The first kappa shape index (κ1) is 19.0. The van der Waals surface area contributed by atoms with E-state index in [0.717, 1.165) is 39.4 Å². The van der Waals surface area contributed by atoms with Gasteiger partial charge < -0.3 is 9.84 Å². The molecule has 0 radical (unpaired) electrons. The van der Waals surface area contributed by atoms with Crippen molar-refractivity contribution in [1.29, 1.82) is 0 Å². The summed E-state index contributed by atoms with van der Waals surface area (Å²) in [5.41, 5.74) is 4.95. The van der Waals surface area contributed by atoms with Crippen LogP contribution in [-0.2, 0) is 6.42 Å². The van der Waals surface area contributed by atoms with Crippen LogP contribution in [0.25, 0.3) is 22.3 Å². The number of thiophene rings is 1. The molecule has 0 unspecified atom stereocenters. The molecule has 0 amide bonds. The van der Waals surface area contributed by atoms with Gasteiger partial charge in [0.1, 0.15) is 5.75 Å². The van der Waals surface area contributed by atoms with Gasteiger partial charge in [-0.2, -0.15) is 11.3 Å². The predicted molar refractivity (Wildman–Crippen MR) is 111 cm³/mol. The van der Waals surface area contributed by atoms with Crippen molar-refractivity contribution in [3.8, 4) is 28.0 Å². The second-order valence-corrected chi connectivity index (χ2v) is 8.26. The summed E-state index contributed by atoms with van der Waals surface area (Å²) < 4.78 is 5.66. The molecule has 4 heteroatoms. The molecule has 0 aliphatic heterocycles. The zero-order valence-corrected chi connectivity index (χ0v) is 16.8. The highest BCUT2D eigenvalue weighted by atomic mass is 35.5. The number of hydrogen-bond acceptors (Lipinski definition) is 3. The number of rotatable bonds is 6. The summed E-state index contributed by atoms with van der Waals surface area (Å²) in [4.78, 5) is 0. The molecule has 0 fully saturated rings. The molecule has 0 aliphatic rings. The molecule has 0 atom stereocenters. The minimum absolute atomic E-state index is 0.668. The third-order valence-electron chi connectivity index (χ3n) is 4.41. The number of halogens is 1. The fraction of sp³-hybridized carbons (Fsp3) is 0.273. The van der Waals surface area contributed by atoms with Crippen LogP contribution in [-0.4, -0.2) is 17.8 Å². The molecule has 3 aromatic rings. The average Bonchev–Trinajstić information content (AvgIpc) is 3.14. The van der Waals surface area contributed by atoms with Gasteiger partial charge in [-0.3, -0.25) is 0 Å². The molecule has 1 N–H and O–H groups in total. The topological polar surface area (TPSA) is 29.5 Å². The molecule has 1 heterocycles. The summed E-state index contributed by atoms with van der Waals surface area (Å²) in [5, 5.41) is 15.1. The number of aliphatic hydroxyl groups is 1. The van der Waals surface area contributed by atoms with Crippen molar-refractivity contribution in [2.75, 3.05) is 7.11 Å². The molecular formula is C22H23ClO2S. The van der Waals surface area contributed by atoms with Crippen molar-refractivity contribution in [3.05, 3.63) is 63.8 Å². The van der Waals surface area contributed by atoms with Gasteiger partial charge in [-0.05, 0) is 95.6 Å². The van der Waals surface area contributed by atoms with Gasteiger partial charge in [0.05, 0.1) is 12.7 Å². The van der Waals surface area contributed by atoms with E-state index in [0.29, 0.717) is 6.42 Å². The molecule has 0 aliphatic carbocycles. The maximum Gasteiger partial charge on any atom is 0.122 e. The Morgan fingerprint density at radius 1 is 1.04 bits per heavy atom. The molecule has 0 saturated heterocycles. The number of hydrogen-bond donors (Lipinski definition) is 1. The van der Waals surface area contributed by atoms with Crippen molar-refractivity contribution in [1.82, 2.24) is 0 Å². The van der Waals surface area contributed by atoms with Crippen LogP contribution in [0.4, 0.5) is 0 Å². The molecular weight excluding hydrogens is 364 g/mol. The van der Waals surface area contributed by atoms with E-state index in [-0.39, 0.29) is 0 Å². The van der Waals surface area contributed by atoms with E-state index in [9.17, 15) is 5.11 Å². The van der Waals surface area contributed by atoms with Crippen LogP contribution in [0, 0.1) is 0 Å². The Hall–Kier alpha value is -1.81. The van der Waals surface area contributed by atoms with Crippen LogP contribution in [0.2, 0.25) is 5.02 Å². The van der Waals surface area contributed by atoms with Gasteiger partial charge in [-0.1, -0.05) is 23.7 Å². The summed E-state index contributed by atoms with van der Waals surface area (Å²) in [6.45, 7) is 3.67. The average molecular weight is 387 g/mol. The van der Waals surface area contributed by atoms with Crippen molar-refractivity contribution >= 4 is 22.9 Å². The van der Waals surface area contributed by atoms with E-state index in [4.69, 9.17) is 16.3 Å². The van der Waals surface area contributed by atoms with E-state index in [2.05, 4.69) is 29.0 Å². The SMILES string of the molecule is COc1cc(-c2ccsc2)c(-c2ccc(Cl)cc2)cc1CCC(C)(C)O. The Kier molecular flexibility index (Phi) is 5.71. The fourth-order valence-electron chi connectivity index (χ4n) is 2.98. The van der Waals surface area contributed by atoms with Crippen molar-refractivity contribution in [2.24, 2.45) is 0 Å². The lowest BCUT2D eigenvalue weighted by Crippen LogP contribution is -2.19. The van der Waals surface area contributed by atoms with Crippen LogP contribution in [0.1, 0.15) is 25.8 Å². The monoisotopic (exact) mass is 386 g/mol. The van der Waals surface area contributed by atoms with Gasteiger partial charge in [0.25, 0.3) is 0 Å². The van der Waals surface area contributed by atoms with Crippen molar-refractivity contribution in [3.63, 3.8) is 0 Å². The molecule has 0 bridgehead atoms. The minimum Gasteiger partial charge on any atom is -0.496 e. The Bertz CT molecular complexity index is 862. The minimum atomic E-state index is -0.711. The lowest BCUT2D eigenvalue weighted by Gasteiger charge is -2.20. The zero-order chi connectivity index (χ0) is 18.7. The van der Waals surface area contributed by atoms with E-state index in [1.165, 1.54) is 5.56 Å². The van der Waals surface area contributed by atoms with Gasteiger partial charge in [0.2, 0.25) is 0 Å². The molecule has 2 nitrogen and oxygen atoms in total. The Labute approximate surface area is 164 Å². The highest BCUT2D eigenvalue weighted by Gasteiger charge is 2.17. The Balaban J connectivity index is 2.13. The maximum atomic E-state index is 10.1. The van der Waals surface area contributed by atoms with Gasteiger partial charge in [0.15, 0.2) is 0 Å². The molecule has 136 valence electrons. The highest BCUT2D eigenvalue weighted by molar-refractivity contribution is 7.08. The second kappa shape index (κ2) is 7.83. The Morgan fingerprint density at radius 2 is 1.73 bits per heavy atom.